The van der Waals surface area contributed by atoms with Crippen LogP contribution in [0.15, 0.2) is 0 Å². The lowest BCUT2D eigenvalue weighted by molar-refractivity contribution is 0.0621. The van der Waals surface area contributed by atoms with Crippen molar-refractivity contribution in [3.8, 4) is 0 Å². The normalized spacial score (nSPS) is 25.8. The van der Waals surface area contributed by atoms with Crippen LogP contribution in [-0.4, -0.2) is 50.6 Å². The Bertz CT molecular complexity index is 127. The highest BCUT2D eigenvalue weighted by atomic mass is 16.5. The van der Waals surface area contributed by atoms with E-state index in [9.17, 15) is 5.11 Å². The molecule has 0 aromatic rings. The van der Waals surface area contributed by atoms with Gasteiger partial charge in [0, 0.05) is 26.2 Å². The molecule has 0 radical (unpaired) electrons. The van der Waals surface area contributed by atoms with E-state index in [-0.39, 0.29) is 6.10 Å². The van der Waals surface area contributed by atoms with Crippen LogP contribution in [0.2, 0.25) is 0 Å². The molecule has 1 heterocycles. The fraction of sp³-hybridized carbons (Fsp3) is 1.00. The van der Waals surface area contributed by atoms with Crippen LogP contribution in [0.25, 0.3) is 0 Å². The molecule has 0 amide bonds. The summed E-state index contributed by atoms with van der Waals surface area (Å²) in [6.07, 6.45) is 2.04. The van der Waals surface area contributed by atoms with Crippen LogP contribution in [0.5, 0.6) is 0 Å². The SMILES string of the molecule is COCC(O)CNC1CCCNC1. The van der Waals surface area contributed by atoms with Crippen LogP contribution in [0.1, 0.15) is 12.8 Å². The van der Waals surface area contributed by atoms with Crippen LogP contribution in [-0.2, 0) is 4.74 Å². The van der Waals surface area contributed by atoms with Crippen LogP contribution >= 0.6 is 0 Å². The number of methoxy groups -OCH3 is 1. The van der Waals surface area contributed by atoms with Gasteiger partial charge in [-0.25, -0.2) is 0 Å². The maximum absolute atomic E-state index is 9.37. The van der Waals surface area contributed by atoms with Gasteiger partial charge in [-0.1, -0.05) is 0 Å². The maximum atomic E-state index is 9.37. The highest BCUT2D eigenvalue weighted by Crippen LogP contribution is 2.00. The molecule has 4 heteroatoms. The van der Waals surface area contributed by atoms with Crippen LogP contribution < -0.4 is 10.6 Å². The Hall–Kier alpha value is -0.160. The fourth-order valence-corrected chi connectivity index (χ4v) is 1.58. The van der Waals surface area contributed by atoms with Crippen molar-refractivity contribution in [1.29, 1.82) is 0 Å². The van der Waals surface area contributed by atoms with Gasteiger partial charge in [-0.05, 0) is 19.4 Å². The zero-order chi connectivity index (χ0) is 9.52. The molecule has 1 rings (SSSR count). The predicted octanol–water partition coefficient (Wildman–Crippen LogP) is -0.665. The number of nitrogens with one attached hydrogen (secondary N) is 2. The summed E-state index contributed by atoms with van der Waals surface area (Å²) >= 11 is 0. The van der Waals surface area contributed by atoms with E-state index in [2.05, 4.69) is 10.6 Å². The molecular weight excluding hydrogens is 168 g/mol. The number of piperidine rings is 1. The number of hydrogen-bond acceptors (Lipinski definition) is 4. The average Bonchev–Trinajstić information content (AvgIpc) is 2.17. The Morgan fingerprint density at radius 3 is 3.15 bits per heavy atom. The first-order chi connectivity index (χ1) is 6.33. The van der Waals surface area contributed by atoms with Gasteiger partial charge in [-0.3, -0.25) is 0 Å². The minimum atomic E-state index is -0.382. The molecule has 78 valence electrons. The Labute approximate surface area is 79.7 Å². The third-order valence-corrected chi connectivity index (χ3v) is 2.30. The van der Waals surface area contributed by atoms with E-state index in [1.54, 1.807) is 7.11 Å². The van der Waals surface area contributed by atoms with Crippen molar-refractivity contribution >= 4 is 0 Å². The van der Waals surface area contributed by atoms with E-state index in [4.69, 9.17) is 4.74 Å². The van der Waals surface area contributed by atoms with E-state index in [1.165, 1.54) is 12.8 Å². The molecule has 1 fully saturated rings. The lowest BCUT2D eigenvalue weighted by Gasteiger charge is -2.24. The van der Waals surface area contributed by atoms with Crippen LogP contribution in [0, 0.1) is 0 Å². The second kappa shape index (κ2) is 6.32. The second-order valence-corrected chi connectivity index (χ2v) is 3.56. The van der Waals surface area contributed by atoms with Gasteiger partial charge < -0.3 is 20.5 Å². The molecule has 3 N–H and O–H groups in total. The van der Waals surface area contributed by atoms with E-state index >= 15 is 0 Å². The standard InChI is InChI=1S/C9H20N2O2/c1-13-7-9(12)6-11-8-3-2-4-10-5-8/h8-12H,2-7H2,1H3. The number of rotatable bonds is 5. The smallest absolute Gasteiger partial charge is 0.0897 e. The first kappa shape index (κ1) is 10.9. The quantitative estimate of drug-likeness (QED) is 0.536. The summed E-state index contributed by atoms with van der Waals surface area (Å²) in [7, 11) is 1.60. The van der Waals surface area contributed by atoms with Crippen molar-refractivity contribution in [1.82, 2.24) is 10.6 Å². The summed E-state index contributed by atoms with van der Waals surface area (Å²) in [5.74, 6) is 0. The van der Waals surface area contributed by atoms with Crippen molar-refractivity contribution < 1.29 is 9.84 Å². The molecule has 2 unspecified atom stereocenters. The largest absolute Gasteiger partial charge is 0.389 e. The second-order valence-electron chi connectivity index (χ2n) is 3.56. The molecular formula is C9H20N2O2. The van der Waals surface area contributed by atoms with Gasteiger partial charge in [-0.2, -0.15) is 0 Å². The highest BCUT2D eigenvalue weighted by molar-refractivity contribution is 4.75. The summed E-state index contributed by atoms with van der Waals surface area (Å²) in [6.45, 7) is 3.17. The lowest BCUT2D eigenvalue weighted by atomic mass is 10.1. The minimum Gasteiger partial charge on any atom is -0.389 e. The van der Waals surface area contributed by atoms with Crippen molar-refractivity contribution in [2.75, 3.05) is 33.4 Å². The van der Waals surface area contributed by atoms with Gasteiger partial charge in [0.25, 0.3) is 0 Å². The third kappa shape index (κ3) is 4.57. The van der Waals surface area contributed by atoms with Gasteiger partial charge in [0.2, 0.25) is 0 Å². The van der Waals surface area contributed by atoms with Gasteiger partial charge >= 0.3 is 0 Å². The molecule has 0 aliphatic carbocycles. The highest BCUT2D eigenvalue weighted by Gasteiger charge is 2.13. The first-order valence-corrected chi connectivity index (χ1v) is 4.94. The molecule has 1 aliphatic heterocycles. The zero-order valence-corrected chi connectivity index (χ0v) is 8.25. The predicted molar refractivity (Wildman–Crippen MR) is 51.8 cm³/mol. The van der Waals surface area contributed by atoms with Crippen molar-refractivity contribution in [2.24, 2.45) is 0 Å². The molecule has 2 atom stereocenters. The Balaban J connectivity index is 2.03. The van der Waals surface area contributed by atoms with Gasteiger partial charge in [-0.15, -0.1) is 0 Å². The van der Waals surface area contributed by atoms with Crippen molar-refractivity contribution in [2.45, 2.75) is 25.0 Å². The zero-order valence-electron chi connectivity index (χ0n) is 8.25. The van der Waals surface area contributed by atoms with Gasteiger partial charge in [0.15, 0.2) is 0 Å². The summed E-state index contributed by atoms with van der Waals surface area (Å²) in [6, 6.07) is 0.514. The summed E-state index contributed by atoms with van der Waals surface area (Å²) in [5.41, 5.74) is 0. The number of hydrogen-bond donors (Lipinski definition) is 3. The number of aliphatic hydroxyl groups is 1. The Morgan fingerprint density at radius 1 is 1.69 bits per heavy atom. The Kier molecular flexibility index (Phi) is 5.31. The third-order valence-electron chi connectivity index (χ3n) is 2.30. The molecule has 0 saturated carbocycles. The molecule has 0 spiro atoms. The molecule has 0 aromatic carbocycles. The summed E-state index contributed by atoms with van der Waals surface area (Å²) < 4.78 is 4.84. The number of aliphatic hydroxyl groups excluding tert-OH is 1. The molecule has 1 saturated heterocycles. The number of ether oxygens (including phenoxy) is 1. The first-order valence-electron chi connectivity index (χ1n) is 4.94. The minimum absolute atomic E-state index is 0.382. The van der Waals surface area contributed by atoms with E-state index in [1.807, 2.05) is 0 Å². The Morgan fingerprint density at radius 2 is 2.54 bits per heavy atom. The average molecular weight is 188 g/mol. The van der Waals surface area contributed by atoms with Gasteiger partial charge in [0.1, 0.15) is 0 Å². The monoisotopic (exact) mass is 188 g/mol. The van der Waals surface area contributed by atoms with Crippen LogP contribution in [0.3, 0.4) is 0 Å². The van der Waals surface area contributed by atoms with Crippen molar-refractivity contribution in [3.63, 3.8) is 0 Å². The van der Waals surface area contributed by atoms with E-state index in [0.29, 0.717) is 19.2 Å². The van der Waals surface area contributed by atoms with Gasteiger partial charge in [0.05, 0.1) is 12.7 Å². The summed E-state index contributed by atoms with van der Waals surface area (Å²) in [4.78, 5) is 0. The maximum Gasteiger partial charge on any atom is 0.0897 e. The fourth-order valence-electron chi connectivity index (χ4n) is 1.58. The van der Waals surface area contributed by atoms with E-state index < -0.39 is 0 Å². The topological polar surface area (TPSA) is 53.5 Å². The molecule has 13 heavy (non-hydrogen) atoms. The molecule has 0 aromatic heterocycles. The molecule has 1 aliphatic rings. The van der Waals surface area contributed by atoms with Crippen molar-refractivity contribution in [3.05, 3.63) is 0 Å². The molecule has 0 bridgehead atoms. The molecule has 4 nitrogen and oxygen atoms in total. The van der Waals surface area contributed by atoms with E-state index in [0.717, 1.165) is 13.1 Å². The lowest BCUT2D eigenvalue weighted by Crippen LogP contribution is -2.46. The summed E-state index contributed by atoms with van der Waals surface area (Å²) in [5, 5.41) is 16.0. The van der Waals surface area contributed by atoms with Crippen LogP contribution in [0.4, 0.5) is 0 Å².